The molecule has 0 aromatic carbocycles. The van der Waals surface area contributed by atoms with Crippen LogP contribution in [0.4, 0.5) is 0 Å². The van der Waals surface area contributed by atoms with Crippen LogP contribution in [0.5, 0.6) is 0 Å². The molecule has 0 spiro atoms. The third-order valence-corrected chi connectivity index (χ3v) is 7.58. The van der Waals surface area contributed by atoms with E-state index in [9.17, 15) is 8.42 Å². The lowest BCUT2D eigenvalue weighted by Gasteiger charge is -2.37. The minimum Gasteiger partial charge on any atom is -0.360 e. The van der Waals surface area contributed by atoms with Crippen molar-refractivity contribution >= 4 is 27.2 Å². The Bertz CT molecular complexity index is 495. The molecule has 3 rings (SSSR count). The molecule has 2 heterocycles. The van der Waals surface area contributed by atoms with E-state index >= 15 is 0 Å². The number of hydrogen-bond donors (Lipinski definition) is 2. The first-order valence-corrected chi connectivity index (χ1v) is 10.9. The normalized spacial score (nSPS) is 30.4. The summed E-state index contributed by atoms with van der Waals surface area (Å²) in [5, 5.41) is 4.45. The topological polar surface area (TPSA) is 53.9 Å². The number of piperazine rings is 1. The van der Waals surface area contributed by atoms with Gasteiger partial charge in [-0.2, -0.15) is 0 Å². The summed E-state index contributed by atoms with van der Waals surface area (Å²) in [6.45, 7) is 3.91. The molecule has 3 fully saturated rings. The third-order valence-electron chi connectivity index (χ3n) is 5.44. The average molecular weight is 347 g/mol. The minimum absolute atomic E-state index is 0.312. The van der Waals surface area contributed by atoms with Crippen LogP contribution in [0.15, 0.2) is 0 Å². The van der Waals surface area contributed by atoms with Gasteiger partial charge >= 0.3 is 0 Å². The maximum atomic E-state index is 11.6. The lowest BCUT2D eigenvalue weighted by atomic mass is 9.96. The van der Waals surface area contributed by atoms with Gasteiger partial charge in [0, 0.05) is 12.5 Å². The van der Waals surface area contributed by atoms with Crippen molar-refractivity contribution in [2.75, 3.05) is 37.7 Å². The van der Waals surface area contributed by atoms with E-state index in [1.165, 1.54) is 37.0 Å². The molecule has 5 nitrogen and oxygen atoms in total. The van der Waals surface area contributed by atoms with Crippen LogP contribution in [0.1, 0.15) is 38.5 Å². The summed E-state index contributed by atoms with van der Waals surface area (Å²) in [5.41, 5.74) is 0. The Balaban J connectivity index is 1.44. The molecule has 3 aliphatic rings. The van der Waals surface area contributed by atoms with Crippen molar-refractivity contribution in [3.8, 4) is 0 Å². The van der Waals surface area contributed by atoms with Crippen LogP contribution in [0, 0.1) is 0 Å². The molecular formula is C15H28N3O2S2+. The summed E-state index contributed by atoms with van der Waals surface area (Å²) < 4.78 is 23.2. The summed E-state index contributed by atoms with van der Waals surface area (Å²) in [6.07, 6.45) is 7.30. The van der Waals surface area contributed by atoms with Crippen LogP contribution in [-0.4, -0.2) is 68.2 Å². The van der Waals surface area contributed by atoms with Gasteiger partial charge in [0.15, 0.2) is 14.9 Å². The molecule has 2 N–H and O–H groups in total. The van der Waals surface area contributed by atoms with E-state index in [0.717, 1.165) is 37.7 Å². The number of hydrogen-bond acceptors (Lipinski definition) is 3. The van der Waals surface area contributed by atoms with Crippen molar-refractivity contribution in [2.24, 2.45) is 0 Å². The highest BCUT2D eigenvalue weighted by Crippen LogP contribution is 2.17. The number of rotatable bonds is 2. The second kappa shape index (κ2) is 7.01. The van der Waals surface area contributed by atoms with Crippen LogP contribution < -0.4 is 10.2 Å². The predicted molar refractivity (Wildman–Crippen MR) is 91.9 cm³/mol. The Morgan fingerprint density at radius 1 is 1.09 bits per heavy atom. The van der Waals surface area contributed by atoms with Gasteiger partial charge in [-0.15, -0.1) is 0 Å². The second-order valence-electron chi connectivity index (χ2n) is 7.03. The number of nitrogens with one attached hydrogen (secondary N) is 2. The van der Waals surface area contributed by atoms with Crippen LogP contribution in [-0.2, 0) is 9.84 Å². The highest BCUT2D eigenvalue weighted by atomic mass is 32.2. The molecule has 1 atom stereocenters. The first-order chi connectivity index (χ1) is 10.5. The Morgan fingerprint density at radius 3 is 2.36 bits per heavy atom. The average Bonchev–Trinajstić information content (AvgIpc) is 2.88. The SMILES string of the molecule is O=S1(=O)CC[C@H]([NH+]2CCN(C(=S)NC3CCCCC3)CC2)C1. The lowest BCUT2D eigenvalue weighted by molar-refractivity contribution is -0.925. The molecule has 22 heavy (non-hydrogen) atoms. The highest BCUT2D eigenvalue weighted by molar-refractivity contribution is 7.91. The molecule has 0 unspecified atom stereocenters. The fraction of sp³-hybridized carbons (Fsp3) is 0.933. The molecule has 1 saturated carbocycles. The van der Waals surface area contributed by atoms with Gasteiger partial charge < -0.3 is 15.1 Å². The van der Waals surface area contributed by atoms with E-state index in [0.29, 0.717) is 23.6 Å². The van der Waals surface area contributed by atoms with Gasteiger partial charge in [-0.3, -0.25) is 0 Å². The van der Waals surface area contributed by atoms with E-state index in [-0.39, 0.29) is 0 Å². The van der Waals surface area contributed by atoms with Gasteiger partial charge in [0.25, 0.3) is 0 Å². The van der Waals surface area contributed by atoms with E-state index in [2.05, 4.69) is 10.2 Å². The summed E-state index contributed by atoms with van der Waals surface area (Å²) in [5.74, 6) is 0.764. The molecule has 7 heteroatoms. The first kappa shape index (κ1) is 16.5. The van der Waals surface area contributed by atoms with E-state index in [1.807, 2.05) is 0 Å². The van der Waals surface area contributed by atoms with Crippen molar-refractivity contribution in [1.82, 2.24) is 10.2 Å². The minimum atomic E-state index is -2.77. The zero-order valence-corrected chi connectivity index (χ0v) is 14.9. The molecule has 0 bridgehead atoms. The molecule has 2 aliphatic heterocycles. The molecule has 126 valence electrons. The first-order valence-electron chi connectivity index (χ1n) is 8.64. The maximum Gasteiger partial charge on any atom is 0.169 e. The second-order valence-corrected chi connectivity index (χ2v) is 9.65. The predicted octanol–water partition coefficient (Wildman–Crippen LogP) is -0.419. The summed E-state index contributed by atoms with van der Waals surface area (Å²) in [7, 11) is -2.77. The van der Waals surface area contributed by atoms with E-state index < -0.39 is 9.84 Å². The zero-order chi connectivity index (χ0) is 15.6. The summed E-state index contributed by atoms with van der Waals surface area (Å²) in [4.78, 5) is 3.73. The van der Waals surface area contributed by atoms with Crippen molar-refractivity contribution in [1.29, 1.82) is 0 Å². The van der Waals surface area contributed by atoms with Crippen molar-refractivity contribution in [3.63, 3.8) is 0 Å². The van der Waals surface area contributed by atoms with Gasteiger partial charge in [0.1, 0.15) is 11.8 Å². The van der Waals surface area contributed by atoms with Crippen LogP contribution >= 0.6 is 12.2 Å². The van der Waals surface area contributed by atoms with Crippen molar-refractivity contribution < 1.29 is 13.3 Å². The smallest absolute Gasteiger partial charge is 0.169 e. The molecule has 0 aromatic rings. The molecule has 0 radical (unpaired) electrons. The van der Waals surface area contributed by atoms with Crippen LogP contribution in [0.2, 0.25) is 0 Å². The van der Waals surface area contributed by atoms with Crippen LogP contribution in [0.3, 0.4) is 0 Å². The molecule has 0 amide bonds. The fourth-order valence-electron chi connectivity index (χ4n) is 4.04. The monoisotopic (exact) mass is 346 g/mol. The molecule has 0 aromatic heterocycles. The number of thiocarbonyl (C=S) groups is 1. The summed E-state index contributed by atoms with van der Waals surface area (Å²) >= 11 is 5.57. The Kier molecular flexibility index (Phi) is 5.24. The van der Waals surface area contributed by atoms with E-state index in [1.54, 1.807) is 0 Å². The molecule has 2 saturated heterocycles. The molecule has 1 aliphatic carbocycles. The van der Waals surface area contributed by atoms with E-state index in [4.69, 9.17) is 12.2 Å². The van der Waals surface area contributed by atoms with Gasteiger partial charge in [0.05, 0.1) is 31.9 Å². The fourth-order valence-corrected chi connectivity index (χ4v) is 6.21. The Hall–Kier alpha value is -0.400. The Morgan fingerprint density at radius 2 is 1.77 bits per heavy atom. The standard InChI is InChI=1S/C15H27N3O2S2/c19-22(20)11-6-14(12-22)17-7-9-18(10-8-17)15(21)16-13-4-2-1-3-5-13/h13-14H,1-12H2,(H,16,21)/p+1/t14-/m0/s1. The van der Waals surface area contributed by atoms with Crippen LogP contribution in [0.25, 0.3) is 0 Å². The maximum absolute atomic E-state index is 11.6. The van der Waals surface area contributed by atoms with Crippen molar-refractivity contribution in [2.45, 2.75) is 50.6 Å². The van der Waals surface area contributed by atoms with Gasteiger partial charge in [-0.25, -0.2) is 8.42 Å². The Labute approximate surface area is 139 Å². The number of quaternary nitrogens is 1. The molecular weight excluding hydrogens is 318 g/mol. The zero-order valence-electron chi connectivity index (χ0n) is 13.2. The van der Waals surface area contributed by atoms with Crippen molar-refractivity contribution in [3.05, 3.63) is 0 Å². The van der Waals surface area contributed by atoms with Gasteiger partial charge in [-0.05, 0) is 25.1 Å². The number of sulfone groups is 1. The number of nitrogens with zero attached hydrogens (tertiary/aromatic N) is 1. The van der Waals surface area contributed by atoms with Gasteiger partial charge in [0.2, 0.25) is 0 Å². The lowest BCUT2D eigenvalue weighted by Crippen LogP contribution is -3.18. The van der Waals surface area contributed by atoms with Gasteiger partial charge in [-0.1, -0.05) is 19.3 Å². The quantitative estimate of drug-likeness (QED) is 0.666. The summed E-state index contributed by atoms with van der Waals surface area (Å²) in [6, 6.07) is 0.874. The third kappa shape index (κ3) is 4.11. The largest absolute Gasteiger partial charge is 0.360 e. The highest BCUT2D eigenvalue weighted by Gasteiger charge is 2.37.